The molecule has 1 aromatic heterocycles. The molecule has 1 amide bonds. The van der Waals surface area contributed by atoms with Crippen molar-refractivity contribution in [2.24, 2.45) is 4.99 Å². The molecule has 1 heterocycles. The Morgan fingerprint density at radius 3 is 2.70 bits per heavy atom. The van der Waals surface area contributed by atoms with E-state index in [0.29, 0.717) is 30.6 Å². The molecule has 0 atom stereocenters. The minimum atomic E-state index is -0.0736. The van der Waals surface area contributed by atoms with Crippen LogP contribution in [-0.2, 0) is 13.0 Å². The first-order chi connectivity index (χ1) is 14.7. The average molecular weight is 410 g/mol. The third-order valence-electron chi connectivity index (χ3n) is 5.19. The summed E-state index contributed by atoms with van der Waals surface area (Å²) in [5, 5.41) is 9.25. The minimum Gasteiger partial charge on any atom is -0.474 e. The van der Waals surface area contributed by atoms with Gasteiger partial charge in [-0.1, -0.05) is 18.2 Å². The maximum atomic E-state index is 11.8. The molecule has 0 saturated heterocycles. The molecular weight excluding hydrogens is 378 g/mol. The first-order valence-corrected chi connectivity index (χ1v) is 10.5. The number of pyridine rings is 1. The highest BCUT2D eigenvalue weighted by atomic mass is 16.5. The van der Waals surface area contributed by atoms with E-state index < -0.39 is 0 Å². The minimum absolute atomic E-state index is 0.0736. The highest BCUT2D eigenvalue weighted by molar-refractivity contribution is 5.94. The van der Waals surface area contributed by atoms with Gasteiger partial charge in [0.25, 0.3) is 5.91 Å². The van der Waals surface area contributed by atoms with Gasteiger partial charge in [0.2, 0.25) is 5.88 Å². The molecule has 0 unspecified atom stereocenters. The highest BCUT2D eigenvalue weighted by Crippen LogP contribution is 2.22. The number of aromatic nitrogens is 1. The van der Waals surface area contributed by atoms with Crippen LogP contribution in [0.15, 0.2) is 47.6 Å². The van der Waals surface area contributed by atoms with Gasteiger partial charge in [-0.2, -0.15) is 0 Å². The van der Waals surface area contributed by atoms with Crippen molar-refractivity contribution in [3.63, 3.8) is 0 Å². The molecular formula is C23H31N5O2. The summed E-state index contributed by atoms with van der Waals surface area (Å²) in [7, 11) is 3.39. The van der Waals surface area contributed by atoms with Crippen LogP contribution in [0.5, 0.6) is 5.88 Å². The van der Waals surface area contributed by atoms with Gasteiger partial charge in [0.05, 0.1) is 0 Å². The van der Waals surface area contributed by atoms with Gasteiger partial charge < -0.3 is 20.7 Å². The molecule has 0 aliphatic heterocycles. The summed E-state index contributed by atoms with van der Waals surface area (Å²) < 4.78 is 5.91. The Labute approximate surface area is 178 Å². The number of aliphatic imine (C=N–C) groups is 1. The first kappa shape index (κ1) is 21.6. The number of carbonyl (C=O) groups is 1. The predicted octanol–water partition coefficient (Wildman–Crippen LogP) is 2.67. The standard InChI is InChI=1S/C23H31N5O2/c1-24-22(29)19-7-5-6-17(14-19)12-13-26-23(25-2)28-16-18-10-11-21(27-15-18)30-20-8-3-4-9-20/h5-7,10-11,14-15,20H,3-4,8-9,12-13,16H2,1-2H3,(H,24,29)(H2,25,26,28). The lowest BCUT2D eigenvalue weighted by Crippen LogP contribution is -2.37. The van der Waals surface area contributed by atoms with Crippen LogP contribution in [0.1, 0.15) is 47.2 Å². The zero-order valence-electron chi connectivity index (χ0n) is 17.8. The van der Waals surface area contributed by atoms with Crippen LogP contribution in [0, 0.1) is 0 Å². The highest BCUT2D eigenvalue weighted by Gasteiger charge is 2.16. The van der Waals surface area contributed by atoms with E-state index in [-0.39, 0.29) is 5.91 Å². The number of amides is 1. The van der Waals surface area contributed by atoms with Crippen molar-refractivity contribution in [1.82, 2.24) is 20.9 Å². The molecule has 2 aromatic rings. The molecule has 1 aliphatic carbocycles. The third-order valence-corrected chi connectivity index (χ3v) is 5.19. The van der Waals surface area contributed by atoms with Crippen molar-refractivity contribution in [2.75, 3.05) is 20.6 Å². The normalized spacial score (nSPS) is 14.4. The number of carbonyl (C=O) groups excluding carboxylic acids is 1. The van der Waals surface area contributed by atoms with Crippen molar-refractivity contribution in [3.8, 4) is 5.88 Å². The van der Waals surface area contributed by atoms with Gasteiger partial charge in [-0.15, -0.1) is 0 Å². The lowest BCUT2D eigenvalue weighted by molar-refractivity contribution is 0.0963. The maximum absolute atomic E-state index is 11.8. The quantitative estimate of drug-likeness (QED) is 0.461. The third kappa shape index (κ3) is 6.47. The number of hydrogen-bond donors (Lipinski definition) is 3. The topological polar surface area (TPSA) is 87.6 Å². The summed E-state index contributed by atoms with van der Waals surface area (Å²) in [6.45, 7) is 1.34. The monoisotopic (exact) mass is 409 g/mol. The van der Waals surface area contributed by atoms with Gasteiger partial charge in [-0.05, 0) is 55.4 Å². The fourth-order valence-electron chi connectivity index (χ4n) is 3.51. The Morgan fingerprint density at radius 1 is 1.17 bits per heavy atom. The van der Waals surface area contributed by atoms with Crippen molar-refractivity contribution >= 4 is 11.9 Å². The Kier molecular flexibility index (Phi) is 8.06. The molecule has 0 bridgehead atoms. The predicted molar refractivity (Wildman–Crippen MR) is 119 cm³/mol. The summed E-state index contributed by atoms with van der Waals surface area (Å²) in [6.07, 6.45) is 7.71. The van der Waals surface area contributed by atoms with Crippen LogP contribution < -0.4 is 20.7 Å². The summed E-state index contributed by atoms with van der Waals surface area (Å²) in [4.78, 5) is 20.4. The van der Waals surface area contributed by atoms with Gasteiger partial charge in [0, 0.05) is 45.0 Å². The van der Waals surface area contributed by atoms with Crippen LogP contribution >= 0.6 is 0 Å². The van der Waals surface area contributed by atoms with Crippen molar-refractivity contribution in [3.05, 3.63) is 59.3 Å². The maximum Gasteiger partial charge on any atom is 0.251 e. The molecule has 0 radical (unpaired) electrons. The zero-order valence-corrected chi connectivity index (χ0v) is 17.8. The van der Waals surface area contributed by atoms with E-state index in [1.165, 1.54) is 12.8 Å². The van der Waals surface area contributed by atoms with E-state index in [2.05, 4.69) is 25.9 Å². The SMILES string of the molecule is CN=C(NCCc1cccc(C(=O)NC)c1)NCc1ccc(OC2CCCC2)nc1. The summed E-state index contributed by atoms with van der Waals surface area (Å²) in [5.41, 5.74) is 2.83. The molecule has 3 rings (SSSR count). The number of hydrogen-bond acceptors (Lipinski definition) is 4. The molecule has 1 aromatic carbocycles. The summed E-state index contributed by atoms with van der Waals surface area (Å²) in [6, 6.07) is 11.6. The van der Waals surface area contributed by atoms with Crippen LogP contribution in [0.3, 0.4) is 0 Å². The molecule has 3 N–H and O–H groups in total. The molecule has 160 valence electrons. The van der Waals surface area contributed by atoms with Crippen molar-refractivity contribution < 1.29 is 9.53 Å². The molecule has 7 nitrogen and oxygen atoms in total. The Hall–Kier alpha value is -3.09. The van der Waals surface area contributed by atoms with E-state index in [9.17, 15) is 4.79 Å². The number of nitrogens with zero attached hydrogens (tertiary/aromatic N) is 2. The summed E-state index contributed by atoms with van der Waals surface area (Å²) >= 11 is 0. The molecule has 1 aliphatic rings. The van der Waals surface area contributed by atoms with E-state index >= 15 is 0 Å². The second-order valence-corrected chi connectivity index (χ2v) is 7.41. The van der Waals surface area contributed by atoms with Gasteiger partial charge in [-0.25, -0.2) is 4.98 Å². The molecule has 7 heteroatoms. The first-order valence-electron chi connectivity index (χ1n) is 10.5. The number of guanidine groups is 1. The van der Waals surface area contributed by atoms with Crippen LogP contribution in [0.4, 0.5) is 0 Å². The number of nitrogens with one attached hydrogen (secondary N) is 3. The van der Waals surface area contributed by atoms with Gasteiger partial charge in [0.15, 0.2) is 5.96 Å². The van der Waals surface area contributed by atoms with E-state index in [1.807, 2.05) is 42.6 Å². The van der Waals surface area contributed by atoms with Crippen LogP contribution in [0.25, 0.3) is 0 Å². The molecule has 0 spiro atoms. The molecule has 1 saturated carbocycles. The number of rotatable bonds is 8. The largest absolute Gasteiger partial charge is 0.474 e. The lowest BCUT2D eigenvalue weighted by Gasteiger charge is -2.14. The lowest BCUT2D eigenvalue weighted by atomic mass is 10.1. The Morgan fingerprint density at radius 2 is 2.00 bits per heavy atom. The summed E-state index contributed by atoms with van der Waals surface area (Å²) in [5.74, 6) is 1.35. The van der Waals surface area contributed by atoms with Crippen LogP contribution in [-0.4, -0.2) is 43.6 Å². The Bertz CT molecular complexity index is 845. The second-order valence-electron chi connectivity index (χ2n) is 7.41. The fraction of sp³-hybridized carbons (Fsp3) is 0.435. The van der Waals surface area contributed by atoms with Crippen molar-refractivity contribution in [2.45, 2.75) is 44.8 Å². The molecule has 30 heavy (non-hydrogen) atoms. The second kappa shape index (κ2) is 11.2. The average Bonchev–Trinajstić information content (AvgIpc) is 3.30. The number of benzene rings is 1. The van der Waals surface area contributed by atoms with Gasteiger partial charge >= 0.3 is 0 Å². The van der Waals surface area contributed by atoms with Gasteiger partial charge in [0.1, 0.15) is 6.10 Å². The van der Waals surface area contributed by atoms with E-state index in [0.717, 1.165) is 36.3 Å². The smallest absolute Gasteiger partial charge is 0.251 e. The number of ether oxygens (including phenoxy) is 1. The zero-order chi connectivity index (χ0) is 21.2. The van der Waals surface area contributed by atoms with Gasteiger partial charge in [-0.3, -0.25) is 9.79 Å². The van der Waals surface area contributed by atoms with Crippen molar-refractivity contribution in [1.29, 1.82) is 0 Å². The Balaban J connectivity index is 1.42. The molecule has 1 fully saturated rings. The van der Waals surface area contributed by atoms with E-state index in [1.54, 1.807) is 14.1 Å². The van der Waals surface area contributed by atoms with E-state index in [4.69, 9.17) is 4.74 Å². The van der Waals surface area contributed by atoms with Crippen LogP contribution in [0.2, 0.25) is 0 Å². The fourth-order valence-corrected chi connectivity index (χ4v) is 3.51.